The molecule has 6 nitrogen and oxygen atoms in total. The van der Waals surface area contributed by atoms with Crippen LogP contribution in [0.2, 0.25) is 5.02 Å². The molecule has 0 aliphatic carbocycles. The Bertz CT molecular complexity index is 1410. The van der Waals surface area contributed by atoms with E-state index in [9.17, 15) is 5.11 Å². The van der Waals surface area contributed by atoms with Gasteiger partial charge < -0.3 is 20.4 Å². The summed E-state index contributed by atoms with van der Waals surface area (Å²) in [6, 6.07) is 17.7. The van der Waals surface area contributed by atoms with Crippen LogP contribution in [0.4, 0.5) is 5.82 Å². The number of halogens is 1. The van der Waals surface area contributed by atoms with Gasteiger partial charge in [-0.05, 0) is 31.5 Å². The SMILES string of the molecule is Cc1cc(-c2ccccc2)c([C@H](C)Nc2ncnc3[nH]cc(-c4cccc(Cl)c4O)c23)[nH]1. The maximum Gasteiger partial charge on any atom is 0.143 e. The number of phenols is 1. The first-order valence-electron chi connectivity index (χ1n) is 10.3. The molecule has 3 aromatic heterocycles. The lowest BCUT2D eigenvalue weighted by molar-refractivity contribution is 0.477. The zero-order valence-electron chi connectivity index (χ0n) is 17.6. The van der Waals surface area contributed by atoms with Crippen LogP contribution in [-0.4, -0.2) is 25.0 Å². The Labute approximate surface area is 190 Å². The Hall–Kier alpha value is -3.77. The highest BCUT2D eigenvalue weighted by atomic mass is 35.5. The first-order chi connectivity index (χ1) is 15.5. The van der Waals surface area contributed by atoms with Gasteiger partial charge in [0.15, 0.2) is 0 Å². The van der Waals surface area contributed by atoms with Gasteiger partial charge in [0.2, 0.25) is 0 Å². The summed E-state index contributed by atoms with van der Waals surface area (Å²) < 4.78 is 0. The monoisotopic (exact) mass is 443 g/mol. The molecule has 2 aromatic carbocycles. The van der Waals surface area contributed by atoms with Gasteiger partial charge in [0.05, 0.1) is 16.5 Å². The van der Waals surface area contributed by atoms with Crippen LogP contribution in [0.15, 0.2) is 67.1 Å². The Balaban J connectivity index is 1.58. The van der Waals surface area contributed by atoms with Crippen LogP contribution >= 0.6 is 11.6 Å². The number of hydrogen-bond acceptors (Lipinski definition) is 4. The zero-order chi connectivity index (χ0) is 22.2. The van der Waals surface area contributed by atoms with Crippen molar-refractivity contribution in [2.45, 2.75) is 19.9 Å². The Morgan fingerprint density at radius 1 is 1.00 bits per heavy atom. The average Bonchev–Trinajstić information content (AvgIpc) is 3.41. The minimum atomic E-state index is -0.0623. The number of hydrogen-bond donors (Lipinski definition) is 4. The molecular weight excluding hydrogens is 422 g/mol. The predicted octanol–water partition coefficient (Wildman–Crippen LogP) is 6.46. The summed E-state index contributed by atoms with van der Waals surface area (Å²) in [5.41, 5.74) is 6.54. The number of nitrogens with one attached hydrogen (secondary N) is 3. The summed E-state index contributed by atoms with van der Waals surface area (Å²) in [6.07, 6.45) is 3.34. The minimum Gasteiger partial charge on any atom is -0.506 e. The summed E-state index contributed by atoms with van der Waals surface area (Å²) in [7, 11) is 0. The third kappa shape index (κ3) is 3.48. The van der Waals surface area contributed by atoms with E-state index in [1.165, 1.54) is 6.33 Å². The van der Waals surface area contributed by atoms with E-state index in [-0.39, 0.29) is 11.8 Å². The lowest BCUT2D eigenvalue weighted by atomic mass is 10.0. The van der Waals surface area contributed by atoms with Gasteiger partial charge in [-0.3, -0.25) is 0 Å². The third-order valence-electron chi connectivity index (χ3n) is 5.60. The number of aromatic nitrogens is 4. The molecule has 0 aliphatic heterocycles. The summed E-state index contributed by atoms with van der Waals surface area (Å²) in [5.74, 6) is 0.702. The molecule has 3 heterocycles. The van der Waals surface area contributed by atoms with Gasteiger partial charge >= 0.3 is 0 Å². The quantitative estimate of drug-likeness (QED) is 0.251. The van der Waals surface area contributed by atoms with Crippen molar-refractivity contribution in [1.29, 1.82) is 0 Å². The number of anilines is 1. The predicted molar refractivity (Wildman–Crippen MR) is 129 cm³/mol. The largest absolute Gasteiger partial charge is 0.506 e. The third-order valence-corrected chi connectivity index (χ3v) is 5.91. The van der Waals surface area contributed by atoms with Crippen molar-refractivity contribution in [3.8, 4) is 28.0 Å². The van der Waals surface area contributed by atoms with Crippen LogP contribution in [-0.2, 0) is 0 Å². The van der Waals surface area contributed by atoms with Crippen LogP contribution < -0.4 is 5.32 Å². The normalized spacial score (nSPS) is 12.2. The molecule has 0 radical (unpaired) electrons. The Kier molecular flexibility index (Phi) is 5.07. The second-order valence-electron chi connectivity index (χ2n) is 7.80. The molecule has 7 heteroatoms. The van der Waals surface area contributed by atoms with E-state index in [4.69, 9.17) is 11.6 Å². The molecule has 0 saturated carbocycles. The lowest BCUT2D eigenvalue weighted by Crippen LogP contribution is -2.10. The maximum atomic E-state index is 10.5. The van der Waals surface area contributed by atoms with Crippen molar-refractivity contribution >= 4 is 28.5 Å². The van der Waals surface area contributed by atoms with Gasteiger partial charge in [-0.2, -0.15) is 0 Å². The molecule has 0 unspecified atom stereocenters. The van der Waals surface area contributed by atoms with Gasteiger partial charge in [-0.25, -0.2) is 9.97 Å². The number of nitrogens with zero attached hydrogens (tertiary/aromatic N) is 2. The van der Waals surface area contributed by atoms with E-state index in [1.54, 1.807) is 6.07 Å². The molecule has 32 heavy (non-hydrogen) atoms. The Morgan fingerprint density at radius 3 is 2.62 bits per heavy atom. The van der Waals surface area contributed by atoms with Crippen LogP contribution in [0.3, 0.4) is 0 Å². The number of aromatic hydroxyl groups is 1. The second kappa shape index (κ2) is 8.05. The van der Waals surface area contributed by atoms with E-state index in [1.807, 2.05) is 36.5 Å². The number of phenolic OH excluding ortho intramolecular Hbond substituents is 1. The van der Waals surface area contributed by atoms with E-state index < -0.39 is 0 Å². The smallest absolute Gasteiger partial charge is 0.143 e. The molecule has 4 N–H and O–H groups in total. The van der Waals surface area contributed by atoms with Crippen LogP contribution in [0.1, 0.15) is 24.4 Å². The average molecular weight is 444 g/mol. The first kappa shape index (κ1) is 20.2. The standard InChI is InChI=1S/C25H22ClN5O/c1-14-11-18(16-7-4-3-5-8-16)22(30-14)15(2)31-25-21-19(12-27-24(21)28-13-29-25)17-9-6-10-20(26)23(17)32/h3-13,15,30,32H,1-2H3,(H2,27,28,29,31)/t15-/m0/s1. The summed E-state index contributed by atoms with van der Waals surface area (Å²) in [4.78, 5) is 15.6. The molecule has 0 bridgehead atoms. The van der Waals surface area contributed by atoms with Gasteiger partial charge in [0.25, 0.3) is 0 Å². The highest BCUT2D eigenvalue weighted by Crippen LogP contribution is 2.40. The number of rotatable bonds is 5. The molecular formula is C25H22ClN5O. The van der Waals surface area contributed by atoms with Crippen LogP contribution in [0.25, 0.3) is 33.3 Å². The van der Waals surface area contributed by atoms with Crippen molar-refractivity contribution in [3.05, 3.63) is 83.5 Å². The van der Waals surface area contributed by atoms with Crippen molar-refractivity contribution in [2.75, 3.05) is 5.32 Å². The van der Waals surface area contributed by atoms with Crippen molar-refractivity contribution in [1.82, 2.24) is 19.9 Å². The summed E-state index contributed by atoms with van der Waals surface area (Å²) in [6.45, 7) is 4.15. The molecule has 5 aromatic rings. The molecule has 160 valence electrons. The molecule has 0 saturated heterocycles. The maximum absolute atomic E-state index is 10.5. The van der Waals surface area contributed by atoms with Crippen LogP contribution in [0, 0.1) is 6.92 Å². The van der Waals surface area contributed by atoms with E-state index in [2.05, 4.69) is 57.3 Å². The topological polar surface area (TPSA) is 89.6 Å². The molecule has 5 rings (SSSR count). The fraction of sp³-hybridized carbons (Fsp3) is 0.120. The molecule has 0 spiro atoms. The van der Waals surface area contributed by atoms with Gasteiger partial charge in [-0.15, -0.1) is 0 Å². The zero-order valence-corrected chi connectivity index (χ0v) is 18.4. The van der Waals surface area contributed by atoms with Crippen molar-refractivity contribution < 1.29 is 5.11 Å². The second-order valence-corrected chi connectivity index (χ2v) is 8.20. The lowest BCUT2D eigenvalue weighted by Gasteiger charge is -2.17. The summed E-state index contributed by atoms with van der Waals surface area (Å²) >= 11 is 6.15. The van der Waals surface area contributed by atoms with Gasteiger partial charge in [-0.1, -0.05) is 54.1 Å². The van der Waals surface area contributed by atoms with E-state index in [0.29, 0.717) is 22.1 Å². The number of fused-ring (bicyclic) bond motifs is 1. The fourth-order valence-electron chi connectivity index (χ4n) is 4.10. The highest BCUT2D eigenvalue weighted by Gasteiger charge is 2.20. The molecule has 0 aliphatic rings. The fourth-order valence-corrected chi connectivity index (χ4v) is 4.28. The minimum absolute atomic E-state index is 0.0317. The van der Waals surface area contributed by atoms with Crippen molar-refractivity contribution in [2.24, 2.45) is 0 Å². The summed E-state index contributed by atoms with van der Waals surface area (Å²) in [5, 5.41) is 15.2. The van der Waals surface area contributed by atoms with E-state index >= 15 is 0 Å². The van der Waals surface area contributed by atoms with Crippen LogP contribution in [0.5, 0.6) is 5.75 Å². The molecule has 1 atom stereocenters. The number of para-hydroxylation sites is 1. The van der Waals surface area contributed by atoms with Gasteiger partial charge in [0.1, 0.15) is 23.5 Å². The first-order valence-corrected chi connectivity index (χ1v) is 10.7. The molecule has 0 amide bonds. The highest BCUT2D eigenvalue weighted by molar-refractivity contribution is 6.32. The number of aryl methyl sites for hydroxylation is 1. The number of aromatic amines is 2. The van der Waals surface area contributed by atoms with Crippen molar-refractivity contribution in [3.63, 3.8) is 0 Å². The van der Waals surface area contributed by atoms with Gasteiger partial charge in [0, 0.05) is 34.3 Å². The number of H-pyrrole nitrogens is 2. The van der Waals surface area contributed by atoms with E-state index in [0.717, 1.165) is 33.5 Å². The Morgan fingerprint density at radius 2 is 1.81 bits per heavy atom. The molecule has 0 fully saturated rings. The number of benzene rings is 2.